The summed E-state index contributed by atoms with van der Waals surface area (Å²) in [6, 6.07) is 13.7. The van der Waals surface area contributed by atoms with Crippen molar-refractivity contribution < 1.29 is 9.18 Å². The Labute approximate surface area is 147 Å². The maximum absolute atomic E-state index is 13.1. The van der Waals surface area contributed by atoms with Crippen molar-refractivity contribution in [3.8, 4) is 6.07 Å². The van der Waals surface area contributed by atoms with Crippen LogP contribution in [-0.4, -0.2) is 17.4 Å². The summed E-state index contributed by atoms with van der Waals surface area (Å²) in [4.78, 5) is 13.6. The lowest BCUT2D eigenvalue weighted by atomic mass is 10.3. The molecule has 0 saturated carbocycles. The second-order valence-corrected chi connectivity index (χ2v) is 6.83. The van der Waals surface area contributed by atoms with Gasteiger partial charge in [0, 0.05) is 9.79 Å². The number of hydrogen-bond donors (Lipinski definition) is 1. The second kappa shape index (κ2) is 8.82. The van der Waals surface area contributed by atoms with Crippen molar-refractivity contribution in [1.82, 2.24) is 0 Å². The quantitative estimate of drug-likeness (QED) is 0.744. The zero-order valence-corrected chi connectivity index (χ0v) is 14.3. The third kappa shape index (κ3) is 5.47. The highest BCUT2D eigenvalue weighted by molar-refractivity contribution is 8.00. The van der Waals surface area contributed by atoms with Crippen molar-refractivity contribution in [3.63, 3.8) is 0 Å². The molecule has 0 fully saturated rings. The summed E-state index contributed by atoms with van der Waals surface area (Å²) in [5.41, 5.74) is 0.676. The number of nitrogens with zero attached hydrogens (tertiary/aromatic N) is 1. The molecule has 2 aromatic rings. The highest BCUT2D eigenvalue weighted by Crippen LogP contribution is 2.28. The van der Waals surface area contributed by atoms with E-state index in [4.69, 9.17) is 16.9 Å². The summed E-state index contributed by atoms with van der Waals surface area (Å²) in [6.45, 7) is 0. The molecule has 1 amide bonds. The minimum atomic E-state index is -0.482. The third-order valence-electron chi connectivity index (χ3n) is 2.71. The first-order chi connectivity index (χ1) is 11.1. The van der Waals surface area contributed by atoms with Crippen molar-refractivity contribution in [2.75, 3.05) is 16.8 Å². The summed E-state index contributed by atoms with van der Waals surface area (Å²) in [5, 5.41) is 11.5. The molecule has 0 atom stereocenters. The zero-order valence-electron chi connectivity index (χ0n) is 11.9. The van der Waals surface area contributed by atoms with E-state index in [2.05, 4.69) is 11.4 Å². The molecule has 7 heteroatoms. The number of hydrogen-bond acceptors (Lipinski definition) is 4. The first kappa shape index (κ1) is 17.7. The van der Waals surface area contributed by atoms with Crippen LogP contribution in [0.5, 0.6) is 0 Å². The van der Waals surface area contributed by atoms with Gasteiger partial charge in [0.15, 0.2) is 0 Å². The summed E-state index contributed by atoms with van der Waals surface area (Å²) in [5.74, 6) is -0.168. The van der Waals surface area contributed by atoms with Gasteiger partial charge in [-0.15, -0.1) is 23.5 Å². The Bertz CT molecular complexity index is 749. The zero-order chi connectivity index (χ0) is 16.7. The van der Waals surface area contributed by atoms with Gasteiger partial charge in [-0.25, -0.2) is 4.39 Å². The van der Waals surface area contributed by atoms with Gasteiger partial charge >= 0.3 is 0 Å². The van der Waals surface area contributed by atoms with Crippen molar-refractivity contribution in [3.05, 3.63) is 53.3 Å². The van der Waals surface area contributed by atoms with Crippen LogP contribution in [0.25, 0.3) is 0 Å². The van der Waals surface area contributed by atoms with Crippen LogP contribution in [0.1, 0.15) is 0 Å². The largest absolute Gasteiger partial charge is 0.324 e. The Hall–Kier alpha value is -1.68. The molecule has 0 unspecified atom stereocenters. The van der Waals surface area contributed by atoms with Crippen LogP contribution in [0.15, 0.2) is 52.3 Å². The van der Waals surface area contributed by atoms with Gasteiger partial charge in [-0.1, -0.05) is 23.7 Å². The molecule has 0 aliphatic rings. The molecule has 2 rings (SSSR count). The standard InChI is InChI=1S/C16H12ClFN2OS2/c17-12-9-11(5-6-13(12)18)23-10-16(21)20-14-3-1-2-4-15(14)22-8-7-19/h1-6,9H,8,10H2,(H,20,21). The Morgan fingerprint density at radius 3 is 2.78 bits per heavy atom. The maximum Gasteiger partial charge on any atom is 0.234 e. The van der Waals surface area contributed by atoms with Crippen LogP contribution >= 0.6 is 35.1 Å². The van der Waals surface area contributed by atoms with E-state index in [1.165, 1.54) is 35.7 Å². The van der Waals surface area contributed by atoms with Crippen LogP contribution in [0.4, 0.5) is 10.1 Å². The van der Waals surface area contributed by atoms with Crippen LogP contribution in [0.2, 0.25) is 5.02 Å². The molecule has 0 aromatic heterocycles. The van der Waals surface area contributed by atoms with Gasteiger partial charge in [0.2, 0.25) is 5.91 Å². The molecule has 0 radical (unpaired) electrons. The predicted octanol–water partition coefficient (Wildman–Crippen LogP) is 4.83. The number of carbonyl (C=O) groups is 1. The number of rotatable bonds is 6. The molecular weight excluding hydrogens is 355 g/mol. The molecule has 23 heavy (non-hydrogen) atoms. The Balaban J connectivity index is 1.94. The lowest BCUT2D eigenvalue weighted by Gasteiger charge is -2.09. The fourth-order valence-corrected chi connectivity index (χ4v) is 3.36. The molecule has 0 heterocycles. The van der Waals surface area contributed by atoms with E-state index >= 15 is 0 Å². The lowest BCUT2D eigenvalue weighted by Crippen LogP contribution is -2.14. The van der Waals surface area contributed by atoms with Gasteiger partial charge in [-0.2, -0.15) is 5.26 Å². The number of para-hydroxylation sites is 1. The van der Waals surface area contributed by atoms with E-state index in [0.717, 1.165) is 9.79 Å². The normalized spacial score (nSPS) is 10.1. The van der Waals surface area contributed by atoms with Crippen molar-refractivity contribution in [2.45, 2.75) is 9.79 Å². The van der Waals surface area contributed by atoms with E-state index in [9.17, 15) is 9.18 Å². The minimum Gasteiger partial charge on any atom is -0.324 e. The Morgan fingerprint density at radius 2 is 2.04 bits per heavy atom. The number of carbonyl (C=O) groups excluding carboxylic acids is 1. The molecule has 2 aromatic carbocycles. The predicted molar refractivity (Wildman–Crippen MR) is 93.5 cm³/mol. The van der Waals surface area contributed by atoms with Crippen LogP contribution in [0, 0.1) is 17.1 Å². The molecule has 0 spiro atoms. The fraction of sp³-hybridized carbons (Fsp3) is 0.125. The summed E-state index contributed by atoms with van der Waals surface area (Å²) >= 11 is 8.35. The van der Waals surface area contributed by atoms with Crippen LogP contribution < -0.4 is 5.32 Å². The fourth-order valence-electron chi connectivity index (χ4n) is 1.71. The van der Waals surface area contributed by atoms with Crippen LogP contribution in [0.3, 0.4) is 0 Å². The van der Waals surface area contributed by atoms with E-state index < -0.39 is 5.82 Å². The molecule has 1 N–H and O–H groups in total. The molecule has 0 saturated heterocycles. The van der Waals surface area contributed by atoms with E-state index in [-0.39, 0.29) is 16.7 Å². The number of amides is 1. The van der Waals surface area contributed by atoms with Crippen LogP contribution in [-0.2, 0) is 4.79 Å². The summed E-state index contributed by atoms with van der Waals surface area (Å²) < 4.78 is 13.1. The van der Waals surface area contributed by atoms with Gasteiger partial charge in [-0.05, 0) is 30.3 Å². The number of thioether (sulfide) groups is 2. The molecule has 118 valence electrons. The van der Waals surface area contributed by atoms with Gasteiger partial charge in [0.1, 0.15) is 5.82 Å². The number of anilines is 1. The SMILES string of the molecule is N#CCSc1ccccc1NC(=O)CSc1ccc(F)c(Cl)c1. The highest BCUT2D eigenvalue weighted by atomic mass is 35.5. The first-order valence-corrected chi connectivity index (χ1v) is 8.91. The molecular formula is C16H12ClFN2OS2. The number of benzene rings is 2. The van der Waals surface area contributed by atoms with E-state index in [1.54, 1.807) is 12.1 Å². The van der Waals surface area contributed by atoms with E-state index in [0.29, 0.717) is 11.4 Å². The molecule has 0 bridgehead atoms. The van der Waals surface area contributed by atoms with E-state index in [1.807, 2.05) is 18.2 Å². The van der Waals surface area contributed by atoms with Crippen molar-refractivity contribution >= 4 is 46.7 Å². The smallest absolute Gasteiger partial charge is 0.234 e. The average molecular weight is 367 g/mol. The lowest BCUT2D eigenvalue weighted by molar-refractivity contribution is -0.113. The number of nitrogens with one attached hydrogen (secondary N) is 1. The highest BCUT2D eigenvalue weighted by Gasteiger charge is 2.08. The van der Waals surface area contributed by atoms with Gasteiger partial charge < -0.3 is 5.32 Å². The number of halogens is 2. The van der Waals surface area contributed by atoms with Crippen molar-refractivity contribution in [1.29, 1.82) is 5.26 Å². The van der Waals surface area contributed by atoms with Crippen molar-refractivity contribution in [2.24, 2.45) is 0 Å². The van der Waals surface area contributed by atoms with Gasteiger partial charge in [0.05, 0.1) is 28.3 Å². The number of nitriles is 1. The first-order valence-electron chi connectivity index (χ1n) is 6.56. The Morgan fingerprint density at radius 1 is 1.26 bits per heavy atom. The molecule has 0 aliphatic carbocycles. The van der Waals surface area contributed by atoms with Gasteiger partial charge in [0.25, 0.3) is 0 Å². The minimum absolute atomic E-state index is 0.0358. The summed E-state index contributed by atoms with van der Waals surface area (Å²) in [6.07, 6.45) is 0. The second-order valence-electron chi connectivity index (χ2n) is 4.36. The third-order valence-corrected chi connectivity index (χ3v) is 4.94. The average Bonchev–Trinajstić information content (AvgIpc) is 2.55. The van der Waals surface area contributed by atoms with Gasteiger partial charge in [-0.3, -0.25) is 4.79 Å². The monoisotopic (exact) mass is 366 g/mol. The molecule has 3 nitrogen and oxygen atoms in total. The maximum atomic E-state index is 13.1. The molecule has 0 aliphatic heterocycles. The topological polar surface area (TPSA) is 52.9 Å². The Kier molecular flexibility index (Phi) is 6.78. The summed E-state index contributed by atoms with van der Waals surface area (Å²) in [7, 11) is 0.